The topological polar surface area (TPSA) is 57.1 Å². The molecule has 0 saturated heterocycles. The molecule has 6 heteroatoms. The Kier molecular flexibility index (Phi) is 4.53. The minimum atomic E-state index is -0.528. The van der Waals surface area contributed by atoms with Gasteiger partial charge in [-0.2, -0.15) is 0 Å². The van der Waals surface area contributed by atoms with Crippen molar-refractivity contribution in [2.24, 2.45) is 4.99 Å². The molecule has 2 aromatic rings. The molecule has 0 amide bonds. The van der Waals surface area contributed by atoms with Gasteiger partial charge in [-0.15, -0.1) is 0 Å². The Morgan fingerprint density at radius 1 is 1.08 bits per heavy atom. The van der Waals surface area contributed by atoms with E-state index in [0.717, 1.165) is 5.56 Å². The number of hydrogen-bond acceptors (Lipinski definition) is 5. The Balaban J connectivity index is 2.00. The van der Waals surface area contributed by atoms with Crippen molar-refractivity contribution in [2.45, 2.75) is 0 Å². The van der Waals surface area contributed by atoms with Crippen molar-refractivity contribution in [3.63, 3.8) is 0 Å². The highest BCUT2D eigenvalue weighted by atomic mass is 35.5. The number of carbonyl (C=O) groups is 1. The van der Waals surface area contributed by atoms with Gasteiger partial charge in [-0.3, -0.25) is 0 Å². The van der Waals surface area contributed by atoms with Crippen LogP contribution in [-0.2, 0) is 9.53 Å². The van der Waals surface area contributed by atoms with Gasteiger partial charge in [-0.25, -0.2) is 9.79 Å². The lowest BCUT2D eigenvalue weighted by Gasteiger charge is -2.10. The molecule has 5 nitrogen and oxygen atoms in total. The predicted molar refractivity (Wildman–Crippen MR) is 91.6 cm³/mol. The molecule has 0 aliphatic carbocycles. The molecule has 24 heavy (non-hydrogen) atoms. The van der Waals surface area contributed by atoms with Crippen LogP contribution in [0, 0.1) is 0 Å². The molecule has 0 atom stereocenters. The van der Waals surface area contributed by atoms with Crippen molar-refractivity contribution in [3.8, 4) is 11.5 Å². The normalized spacial score (nSPS) is 15.2. The van der Waals surface area contributed by atoms with Crippen LogP contribution in [0.5, 0.6) is 11.5 Å². The maximum absolute atomic E-state index is 12.0. The van der Waals surface area contributed by atoms with E-state index in [4.69, 9.17) is 25.8 Å². The second kappa shape index (κ2) is 6.76. The van der Waals surface area contributed by atoms with Gasteiger partial charge in [0.15, 0.2) is 17.2 Å². The van der Waals surface area contributed by atoms with Crippen LogP contribution in [0.25, 0.3) is 6.08 Å². The van der Waals surface area contributed by atoms with E-state index in [1.165, 1.54) is 14.2 Å². The van der Waals surface area contributed by atoms with Gasteiger partial charge in [-0.1, -0.05) is 29.8 Å². The lowest BCUT2D eigenvalue weighted by molar-refractivity contribution is -0.129. The summed E-state index contributed by atoms with van der Waals surface area (Å²) in [6.45, 7) is 0. The fourth-order valence-electron chi connectivity index (χ4n) is 2.28. The highest BCUT2D eigenvalue weighted by Crippen LogP contribution is 2.38. The van der Waals surface area contributed by atoms with Crippen LogP contribution in [0.1, 0.15) is 11.1 Å². The molecule has 0 aromatic heterocycles. The first-order valence-electron chi connectivity index (χ1n) is 7.12. The van der Waals surface area contributed by atoms with E-state index in [0.29, 0.717) is 22.1 Å². The molecule has 2 aromatic carbocycles. The van der Waals surface area contributed by atoms with Gasteiger partial charge in [0.05, 0.1) is 19.2 Å². The van der Waals surface area contributed by atoms with E-state index in [1.54, 1.807) is 18.2 Å². The molecule has 3 rings (SSSR count). The van der Waals surface area contributed by atoms with Crippen molar-refractivity contribution in [1.82, 2.24) is 0 Å². The Morgan fingerprint density at radius 3 is 2.50 bits per heavy atom. The van der Waals surface area contributed by atoms with Crippen LogP contribution in [0.4, 0.5) is 0 Å². The lowest BCUT2D eigenvalue weighted by Crippen LogP contribution is -2.05. The molecule has 0 unspecified atom stereocenters. The van der Waals surface area contributed by atoms with E-state index in [1.807, 2.05) is 30.3 Å². The first-order chi connectivity index (χ1) is 11.6. The Bertz CT molecular complexity index is 844. The first-order valence-corrected chi connectivity index (χ1v) is 7.50. The minimum absolute atomic E-state index is 0.169. The number of aliphatic imine (C=N–C) groups is 1. The monoisotopic (exact) mass is 343 g/mol. The molecule has 122 valence electrons. The van der Waals surface area contributed by atoms with Gasteiger partial charge < -0.3 is 14.2 Å². The summed E-state index contributed by atoms with van der Waals surface area (Å²) >= 11 is 6.32. The molecule has 0 spiro atoms. The minimum Gasteiger partial charge on any atom is -0.493 e. The van der Waals surface area contributed by atoms with Crippen molar-refractivity contribution >= 4 is 29.5 Å². The molecule has 0 N–H and O–H groups in total. The van der Waals surface area contributed by atoms with Crippen LogP contribution in [0.3, 0.4) is 0 Å². The third-order valence-electron chi connectivity index (χ3n) is 3.45. The average molecular weight is 344 g/mol. The number of nitrogens with zero attached hydrogens (tertiary/aromatic N) is 1. The molecule has 0 fully saturated rings. The predicted octanol–water partition coefficient (Wildman–Crippen LogP) is 3.70. The average Bonchev–Trinajstić information content (AvgIpc) is 2.98. The van der Waals surface area contributed by atoms with Crippen LogP contribution in [0.15, 0.2) is 53.2 Å². The zero-order valence-electron chi connectivity index (χ0n) is 13.1. The summed E-state index contributed by atoms with van der Waals surface area (Å²) in [5, 5.41) is 0.334. The van der Waals surface area contributed by atoms with Crippen molar-refractivity contribution in [3.05, 3.63) is 64.3 Å². The summed E-state index contributed by atoms with van der Waals surface area (Å²) in [5.74, 6) is 0.641. The summed E-state index contributed by atoms with van der Waals surface area (Å²) in [7, 11) is 3.02. The largest absolute Gasteiger partial charge is 0.493 e. The van der Waals surface area contributed by atoms with Crippen LogP contribution >= 0.6 is 11.6 Å². The maximum atomic E-state index is 12.0. The summed E-state index contributed by atoms with van der Waals surface area (Å²) in [6, 6.07) is 12.6. The SMILES string of the molecule is COc1ccc(C=C2N=C(c3ccccc3)OC2=O)c(Cl)c1OC. The Hall–Kier alpha value is -2.79. The fourth-order valence-corrected chi connectivity index (χ4v) is 2.56. The molecule has 0 saturated carbocycles. The molecule has 1 aliphatic rings. The summed E-state index contributed by atoms with van der Waals surface area (Å²) < 4.78 is 15.7. The standard InChI is InChI=1S/C18H14ClNO4/c1-22-14-9-8-12(15(19)16(14)23-2)10-13-18(21)24-17(20-13)11-6-4-3-5-7-11/h3-10H,1-2H3. The number of hydrogen-bond donors (Lipinski definition) is 0. The van der Waals surface area contributed by atoms with E-state index in [9.17, 15) is 4.79 Å². The summed E-state index contributed by atoms with van der Waals surface area (Å²) in [6.07, 6.45) is 1.56. The highest BCUT2D eigenvalue weighted by Gasteiger charge is 2.24. The summed E-state index contributed by atoms with van der Waals surface area (Å²) in [4.78, 5) is 16.3. The summed E-state index contributed by atoms with van der Waals surface area (Å²) in [5.41, 5.74) is 1.48. The zero-order valence-corrected chi connectivity index (χ0v) is 13.8. The second-order valence-corrected chi connectivity index (χ2v) is 5.28. The highest BCUT2D eigenvalue weighted by molar-refractivity contribution is 6.34. The van der Waals surface area contributed by atoms with Crippen molar-refractivity contribution in [1.29, 1.82) is 0 Å². The van der Waals surface area contributed by atoms with E-state index >= 15 is 0 Å². The Labute approximate surface area is 144 Å². The van der Waals surface area contributed by atoms with E-state index in [-0.39, 0.29) is 11.6 Å². The third kappa shape index (κ3) is 2.98. The number of halogens is 1. The molecular formula is C18H14ClNO4. The number of rotatable bonds is 4. The molecule has 0 bridgehead atoms. The second-order valence-electron chi connectivity index (χ2n) is 4.91. The van der Waals surface area contributed by atoms with Gasteiger partial charge >= 0.3 is 5.97 Å². The Morgan fingerprint density at radius 2 is 1.83 bits per heavy atom. The number of esters is 1. The third-order valence-corrected chi connectivity index (χ3v) is 3.84. The van der Waals surface area contributed by atoms with Crippen molar-refractivity contribution in [2.75, 3.05) is 14.2 Å². The van der Waals surface area contributed by atoms with Crippen LogP contribution in [-0.4, -0.2) is 26.1 Å². The van der Waals surface area contributed by atoms with Crippen LogP contribution < -0.4 is 9.47 Å². The molecular weight excluding hydrogens is 330 g/mol. The lowest BCUT2D eigenvalue weighted by atomic mass is 10.1. The van der Waals surface area contributed by atoms with Gasteiger partial charge in [0.2, 0.25) is 5.90 Å². The van der Waals surface area contributed by atoms with Gasteiger partial charge in [0.25, 0.3) is 0 Å². The van der Waals surface area contributed by atoms with Gasteiger partial charge in [0.1, 0.15) is 0 Å². The van der Waals surface area contributed by atoms with E-state index < -0.39 is 5.97 Å². The zero-order chi connectivity index (χ0) is 17.1. The molecule has 1 heterocycles. The molecule has 1 aliphatic heterocycles. The fraction of sp³-hybridized carbons (Fsp3) is 0.111. The number of benzene rings is 2. The maximum Gasteiger partial charge on any atom is 0.363 e. The quantitative estimate of drug-likeness (QED) is 0.627. The van der Waals surface area contributed by atoms with Gasteiger partial charge in [-0.05, 0) is 35.9 Å². The first kappa shape index (κ1) is 16.1. The molecule has 0 radical (unpaired) electrons. The number of methoxy groups -OCH3 is 2. The smallest absolute Gasteiger partial charge is 0.363 e. The number of carbonyl (C=O) groups excluding carboxylic acids is 1. The number of ether oxygens (including phenoxy) is 3. The van der Waals surface area contributed by atoms with Crippen LogP contribution in [0.2, 0.25) is 5.02 Å². The number of cyclic esters (lactones) is 1. The van der Waals surface area contributed by atoms with Crippen molar-refractivity contribution < 1.29 is 19.0 Å². The van der Waals surface area contributed by atoms with Gasteiger partial charge in [0, 0.05) is 5.56 Å². The van der Waals surface area contributed by atoms with E-state index in [2.05, 4.69) is 4.99 Å².